The number of aliphatic carboxylic acids is 1. The maximum atomic E-state index is 12.3. The van der Waals surface area contributed by atoms with E-state index in [-0.39, 0.29) is 17.5 Å². The van der Waals surface area contributed by atoms with Gasteiger partial charge in [-0.15, -0.1) is 0 Å². The van der Waals surface area contributed by atoms with Gasteiger partial charge >= 0.3 is 12.1 Å². The van der Waals surface area contributed by atoms with E-state index >= 15 is 0 Å². The summed E-state index contributed by atoms with van der Waals surface area (Å²) in [4.78, 5) is 33.6. The largest absolute Gasteiger partial charge is 0.478 e. The van der Waals surface area contributed by atoms with Gasteiger partial charge in [0.2, 0.25) is 0 Å². The minimum atomic E-state index is -1.10. The first-order valence-electron chi connectivity index (χ1n) is 8.55. The van der Waals surface area contributed by atoms with Crippen LogP contribution in [0.1, 0.15) is 46.2 Å². The molecule has 8 heteroatoms. The molecule has 148 valence electrons. The van der Waals surface area contributed by atoms with Gasteiger partial charge in [-0.3, -0.25) is 10.1 Å². The first kappa shape index (κ1) is 22.1. The monoisotopic (exact) mass is 378 g/mol. The van der Waals surface area contributed by atoms with E-state index < -0.39 is 28.6 Å². The molecule has 0 bridgehead atoms. The smallest absolute Gasteiger partial charge is 0.408 e. The zero-order valence-electron chi connectivity index (χ0n) is 16.1. The van der Waals surface area contributed by atoms with E-state index in [2.05, 4.69) is 5.32 Å². The van der Waals surface area contributed by atoms with Gasteiger partial charge in [-0.1, -0.05) is 32.1 Å². The van der Waals surface area contributed by atoms with Crippen LogP contribution in [0.15, 0.2) is 36.4 Å². The normalized spacial score (nSPS) is 14.0. The molecule has 0 radical (unpaired) electrons. The van der Waals surface area contributed by atoms with Crippen molar-refractivity contribution in [2.75, 3.05) is 0 Å². The molecule has 27 heavy (non-hydrogen) atoms. The molecule has 0 fully saturated rings. The van der Waals surface area contributed by atoms with Crippen LogP contribution >= 0.6 is 0 Å². The summed E-state index contributed by atoms with van der Waals surface area (Å²) in [5, 5.41) is 22.6. The number of carboxylic acids is 1. The first-order valence-corrected chi connectivity index (χ1v) is 8.55. The summed E-state index contributed by atoms with van der Waals surface area (Å²) in [7, 11) is 0. The van der Waals surface area contributed by atoms with E-state index in [1.54, 1.807) is 32.9 Å². The van der Waals surface area contributed by atoms with Crippen molar-refractivity contribution in [3.05, 3.63) is 52.1 Å². The number of amides is 1. The second-order valence-electron chi connectivity index (χ2n) is 7.49. The van der Waals surface area contributed by atoms with Crippen molar-refractivity contribution in [2.24, 2.45) is 11.8 Å². The molecule has 0 spiro atoms. The van der Waals surface area contributed by atoms with Crippen LogP contribution in [-0.2, 0) is 9.53 Å². The Labute approximate surface area is 158 Å². The molecule has 0 aliphatic rings. The Hall–Kier alpha value is -2.90. The number of rotatable bonds is 7. The van der Waals surface area contributed by atoms with Gasteiger partial charge in [0.1, 0.15) is 5.60 Å². The minimum absolute atomic E-state index is 0.0178. The summed E-state index contributed by atoms with van der Waals surface area (Å²) in [6.45, 7) is 8.99. The van der Waals surface area contributed by atoms with Crippen LogP contribution in [0.25, 0.3) is 0 Å². The highest BCUT2D eigenvalue weighted by Gasteiger charge is 2.28. The second-order valence-corrected chi connectivity index (χ2v) is 7.49. The SMILES string of the molecule is CC(C)[C@@H](/C=C/C(=O)O)[C@@H](NC(=O)OC(C)(C)C)c1ccc([N+](=O)[O-])cc1. The molecule has 1 aromatic carbocycles. The van der Waals surface area contributed by atoms with Gasteiger partial charge in [0.05, 0.1) is 11.0 Å². The van der Waals surface area contributed by atoms with Crippen LogP contribution < -0.4 is 5.32 Å². The fourth-order valence-corrected chi connectivity index (χ4v) is 2.55. The highest BCUT2D eigenvalue weighted by molar-refractivity contribution is 5.79. The van der Waals surface area contributed by atoms with E-state index in [9.17, 15) is 19.7 Å². The van der Waals surface area contributed by atoms with Crippen molar-refractivity contribution in [3.63, 3.8) is 0 Å². The van der Waals surface area contributed by atoms with E-state index in [0.717, 1.165) is 6.08 Å². The number of ether oxygens (including phenoxy) is 1. The molecule has 0 aliphatic heterocycles. The van der Waals surface area contributed by atoms with Crippen molar-refractivity contribution in [1.82, 2.24) is 5.32 Å². The average Bonchev–Trinajstić information content (AvgIpc) is 2.51. The predicted molar refractivity (Wildman–Crippen MR) is 100 cm³/mol. The lowest BCUT2D eigenvalue weighted by atomic mass is 9.84. The molecule has 2 atom stereocenters. The molecule has 1 rings (SSSR count). The Morgan fingerprint density at radius 2 is 1.78 bits per heavy atom. The predicted octanol–water partition coefficient (Wildman–Crippen LogP) is 4.07. The molecule has 0 saturated carbocycles. The van der Waals surface area contributed by atoms with Gasteiger partial charge in [-0.25, -0.2) is 9.59 Å². The Kier molecular flexibility index (Phi) is 7.51. The van der Waals surface area contributed by atoms with Crippen molar-refractivity contribution in [2.45, 2.75) is 46.3 Å². The number of nitro groups is 1. The molecule has 0 saturated heterocycles. The summed E-state index contributed by atoms with van der Waals surface area (Å²) in [6, 6.07) is 5.17. The number of benzene rings is 1. The maximum absolute atomic E-state index is 12.3. The molecule has 0 aliphatic carbocycles. The van der Waals surface area contributed by atoms with Gasteiger partial charge in [-0.2, -0.15) is 0 Å². The molecule has 0 aromatic heterocycles. The highest BCUT2D eigenvalue weighted by Crippen LogP contribution is 2.31. The molecule has 8 nitrogen and oxygen atoms in total. The van der Waals surface area contributed by atoms with Crippen LogP contribution in [0.3, 0.4) is 0 Å². The number of hydrogen-bond donors (Lipinski definition) is 2. The van der Waals surface area contributed by atoms with Crippen LogP contribution in [0, 0.1) is 22.0 Å². The average molecular weight is 378 g/mol. The highest BCUT2D eigenvalue weighted by atomic mass is 16.6. The zero-order chi connectivity index (χ0) is 20.8. The van der Waals surface area contributed by atoms with Crippen molar-refractivity contribution < 1.29 is 24.4 Å². The third-order valence-corrected chi connectivity index (χ3v) is 3.75. The topological polar surface area (TPSA) is 119 Å². The van der Waals surface area contributed by atoms with Gasteiger partial charge in [-0.05, 0) is 32.3 Å². The third kappa shape index (κ3) is 7.47. The van der Waals surface area contributed by atoms with Crippen LogP contribution in [0.5, 0.6) is 0 Å². The lowest BCUT2D eigenvalue weighted by Crippen LogP contribution is -2.38. The number of carbonyl (C=O) groups is 2. The number of nitro benzene ring substituents is 1. The first-order chi connectivity index (χ1) is 12.4. The molecular weight excluding hydrogens is 352 g/mol. The summed E-state index contributed by atoms with van der Waals surface area (Å²) < 4.78 is 5.31. The molecular formula is C19H26N2O6. The van der Waals surface area contributed by atoms with Crippen molar-refractivity contribution in [3.8, 4) is 0 Å². The molecule has 0 heterocycles. The van der Waals surface area contributed by atoms with Crippen LogP contribution in [-0.4, -0.2) is 27.7 Å². The van der Waals surface area contributed by atoms with Gasteiger partial charge in [0.25, 0.3) is 5.69 Å². The molecule has 1 amide bonds. The van der Waals surface area contributed by atoms with E-state index in [0.29, 0.717) is 5.56 Å². The van der Waals surface area contributed by atoms with E-state index in [1.807, 2.05) is 13.8 Å². The minimum Gasteiger partial charge on any atom is -0.478 e. The Balaban J connectivity index is 3.26. The number of nitrogens with zero attached hydrogens (tertiary/aromatic N) is 1. The Morgan fingerprint density at radius 1 is 1.22 bits per heavy atom. The third-order valence-electron chi connectivity index (χ3n) is 3.75. The second kappa shape index (κ2) is 9.16. The summed E-state index contributed by atoms with van der Waals surface area (Å²) in [6.07, 6.45) is 1.89. The number of non-ortho nitro benzene ring substituents is 1. The lowest BCUT2D eigenvalue weighted by Gasteiger charge is -2.30. The summed E-state index contributed by atoms with van der Waals surface area (Å²) in [5.74, 6) is -1.48. The summed E-state index contributed by atoms with van der Waals surface area (Å²) in [5.41, 5.74) is -0.161. The fourth-order valence-electron chi connectivity index (χ4n) is 2.55. The number of carboxylic acid groups (broad SMARTS) is 1. The van der Waals surface area contributed by atoms with Crippen molar-refractivity contribution in [1.29, 1.82) is 0 Å². The lowest BCUT2D eigenvalue weighted by molar-refractivity contribution is -0.384. The Morgan fingerprint density at radius 3 is 2.19 bits per heavy atom. The molecule has 0 unspecified atom stereocenters. The molecule has 1 aromatic rings. The zero-order valence-corrected chi connectivity index (χ0v) is 16.1. The van der Waals surface area contributed by atoms with Gasteiger partial charge < -0.3 is 15.2 Å². The quantitative estimate of drug-likeness (QED) is 0.419. The fraction of sp³-hybridized carbons (Fsp3) is 0.474. The number of hydrogen-bond acceptors (Lipinski definition) is 5. The summed E-state index contributed by atoms with van der Waals surface area (Å²) >= 11 is 0. The standard InChI is InChI=1S/C19H26N2O6/c1-12(2)15(10-11-16(22)23)17(20-18(24)27-19(3,4)5)13-6-8-14(9-7-13)21(25)26/h6-12,15,17H,1-5H3,(H,20,24)(H,22,23)/b11-10+/t15-,17+/m1/s1. The number of alkyl carbamates (subject to hydrolysis) is 1. The van der Waals surface area contributed by atoms with Gasteiger partial charge in [0, 0.05) is 24.1 Å². The van der Waals surface area contributed by atoms with E-state index in [4.69, 9.17) is 9.84 Å². The van der Waals surface area contributed by atoms with Gasteiger partial charge in [0.15, 0.2) is 0 Å². The van der Waals surface area contributed by atoms with E-state index in [1.165, 1.54) is 18.2 Å². The van der Waals surface area contributed by atoms with Crippen molar-refractivity contribution >= 4 is 17.7 Å². The van der Waals surface area contributed by atoms with Crippen LogP contribution in [0.2, 0.25) is 0 Å². The molecule has 2 N–H and O–H groups in total. The number of carbonyl (C=O) groups excluding carboxylic acids is 1. The maximum Gasteiger partial charge on any atom is 0.408 e. The van der Waals surface area contributed by atoms with Crippen LogP contribution in [0.4, 0.5) is 10.5 Å². The number of nitrogens with one attached hydrogen (secondary N) is 1. The Bertz CT molecular complexity index is 704.